The van der Waals surface area contributed by atoms with Gasteiger partial charge in [0, 0.05) is 19.5 Å². The van der Waals surface area contributed by atoms with E-state index in [-0.39, 0.29) is 5.91 Å². The van der Waals surface area contributed by atoms with Crippen molar-refractivity contribution < 1.29 is 14.3 Å². The molecule has 4 aromatic rings. The molecule has 0 aliphatic carbocycles. The van der Waals surface area contributed by atoms with E-state index in [2.05, 4.69) is 28.1 Å². The van der Waals surface area contributed by atoms with Crippen LogP contribution in [0.3, 0.4) is 0 Å². The quantitative estimate of drug-likeness (QED) is 0.151. The molecule has 0 bridgehead atoms. The molecule has 1 N–H and O–H groups in total. The monoisotopic (exact) mass is 559 g/mol. The van der Waals surface area contributed by atoms with Crippen LogP contribution in [0.4, 0.5) is 0 Å². The smallest absolute Gasteiger partial charge is 0.252 e. The van der Waals surface area contributed by atoms with Crippen molar-refractivity contribution in [3.8, 4) is 11.5 Å². The molecule has 1 aromatic heterocycles. The molecule has 3 aromatic carbocycles. The Morgan fingerprint density at radius 3 is 2.62 bits per heavy atom. The molecule has 6 nitrogen and oxygen atoms in total. The Morgan fingerprint density at radius 1 is 0.975 bits per heavy atom. The molecule has 0 saturated heterocycles. The van der Waals surface area contributed by atoms with Crippen LogP contribution in [-0.2, 0) is 13.0 Å². The second-order valence-corrected chi connectivity index (χ2v) is 10.1. The maximum Gasteiger partial charge on any atom is 0.252 e. The van der Waals surface area contributed by atoms with Gasteiger partial charge in [-0.2, -0.15) is 0 Å². The molecule has 1 amide bonds. The van der Waals surface area contributed by atoms with E-state index in [4.69, 9.17) is 26.1 Å². The second-order valence-electron chi connectivity index (χ2n) is 9.68. The van der Waals surface area contributed by atoms with E-state index in [1.807, 2.05) is 55.5 Å². The number of halogens is 1. The number of carbonyl (C=O) groups is 1. The second kappa shape index (κ2) is 15.1. The van der Waals surface area contributed by atoms with E-state index in [1.165, 1.54) is 5.52 Å². The predicted molar refractivity (Wildman–Crippen MR) is 164 cm³/mol. The molecule has 0 unspecified atom stereocenters. The highest BCUT2D eigenvalue weighted by molar-refractivity contribution is 6.33. The molecular weight excluding hydrogens is 522 g/mol. The first kappa shape index (κ1) is 29.2. The average Bonchev–Trinajstić information content (AvgIpc) is 3.32. The first-order chi connectivity index (χ1) is 19.6. The van der Waals surface area contributed by atoms with Gasteiger partial charge < -0.3 is 19.4 Å². The number of amides is 1. The Balaban J connectivity index is 1.24. The lowest BCUT2D eigenvalue weighted by Gasteiger charge is -2.12. The Kier molecular flexibility index (Phi) is 11.1. The van der Waals surface area contributed by atoms with Gasteiger partial charge in [-0.25, -0.2) is 4.98 Å². The molecule has 0 atom stereocenters. The predicted octanol–water partition coefficient (Wildman–Crippen LogP) is 7.73. The maximum atomic E-state index is 12.3. The van der Waals surface area contributed by atoms with E-state index >= 15 is 0 Å². The lowest BCUT2D eigenvalue weighted by molar-refractivity contribution is 0.0953. The zero-order chi connectivity index (χ0) is 28.2. The summed E-state index contributed by atoms with van der Waals surface area (Å²) < 4.78 is 13.9. The third-order valence-corrected chi connectivity index (χ3v) is 7.12. The minimum Gasteiger partial charge on any atom is -0.493 e. The molecule has 0 radical (unpaired) electrons. The van der Waals surface area contributed by atoms with Crippen molar-refractivity contribution in [2.45, 2.75) is 52.0 Å². The number of hydrogen-bond donors (Lipinski definition) is 1. The number of allylic oxidation sites excluding steroid dienone is 1. The fourth-order valence-electron chi connectivity index (χ4n) is 4.75. The van der Waals surface area contributed by atoms with Gasteiger partial charge in [-0.05, 0) is 74.6 Å². The number of methoxy groups -OCH3 is 1. The molecule has 0 saturated carbocycles. The van der Waals surface area contributed by atoms with Crippen molar-refractivity contribution in [3.05, 3.63) is 94.8 Å². The molecule has 40 heavy (non-hydrogen) atoms. The highest BCUT2D eigenvalue weighted by atomic mass is 35.5. The number of unbranched alkanes of at least 4 members (excludes halogenated alkanes) is 3. The van der Waals surface area contributed by atoms with Gasteiger partial charge in [0.1, 0.15) is 5.82 Å². The van der Waals surface area contributed by atoms with Crippen LogP contribution in [0.15, 0.2) is 72.8 Å². The minimum atomic E-state index is -0.125. The summed E-state index contributed by atoms with van der Waals surface area (Å²) in [5.74, 6) is 2.51. The number of aromatic nitrogens is 2. The van der Waals surface area contributed by atoms with Crippen molar-refractivity contribution in [2.24, 2.45) is 0 Å². The average molecular weight is 560 g/mol. The molecule has 0 aliphatic rings. The lowest BCUT2D eigenvalue weighted by atomic mass is 10.1. The van der Waals surface area contributed by atoms with E-state index in [0.29, 0.717) is 23.7 Å². The van der Waals surface area contributed by atoms with Crippen LogP contribution in [0.2, 0.25) is 5.02 Å². The van der Waals surface area contributed by atoms with Crippen molar-refractivity contribution in [1.29, 1.82) is 0 Å². The Bertz CT molecular complexity index is 1430. The number of para-hydroxylation sites is 2. The van der Waals surface area contributed by atoms with Crippen LogP contribution in [0.1, 0.15) is 60.8 Å². The summed E-state index contributed by atoms with van der Waals surface area (Å²) >= 11 is 6.12. The lowest BCUT2D eigenvalue weighted by Crippen LogP contribution is -2.24. The number of benzene rings is 3. The van der Waals surface area contributed by atoms with Gasteiger partial charge in [-0.3, -0.25) is 4.79 Å². The Labute approximate surface area is 242 Å². The standard InChI is InChI=1S/C33H38ClN3O3/c1-3-13-25-19-20-30(31(24-25)39-2)40-23-12-11-22-37-29-17-9-8-16-28(29)36-32(37)18-5-4-10-21-35-33(38)26-14-6-7-15-27(26)34/h3,6-9,13-17,19-20,24H,4-5,10-12,18,21-23H2,1-2H3,(H,35,38)/b13-3+. The number of imidazole rings is 1. The van der Waals surface area contributed by atoms with Gasteiger partial charge in [-0.15, -0.1) is 0 Å². The van der Waals surface area contributed by atoms with Crippen molar-refractivity contribution in [2.75, 3.05) is 20.3 Å². The topological polar surface area (TPSA) is 65.4 Å². The summed E-state index contributed by atoms with van der Waals surface area (Å²) in [5, 5.41) is 3.45. The summed E-state index contributed by atoms with van der Waals surface area (Å²) in [5.41, 5.74) is 3.82. The largest absolute Gasteiger partial charge is 0.493 e. The van der Waals surface area contributed by atoms with E-state index < -0.39 is 0 Å². The fraction of sp³-hybridized carbons (Fsp3) is 0.333. The molecule has 0 aliphatic heterocycles. The van der Waals surface area contributed by atoms with E-state index in [1.54, 1.807) is 19.2 Å². The zero-order valence-electron chi connectivity index (χ0n) is 23.4. The van der Waals surface area contributed by atoms with Crippen molar-refractivity contribution in [3.63, 3.8) is 0 Å². The summed E-state index contributed by atoms with van der Waals surface area (Å²) in [6.45, 7) is 4.15. The maximum absolute atomic E-state index is 12.3. The van der Waals surface area contributed by atoms with Crippen molar-refractivity contribution >= 4 is 34.6 Å². The van der Waals surface area contributed by atoms with E-state index in [9.17, 15) is 4.79 Å². The van der Waals surface area contributed by atoms with Gasteiger partial charge in [0.25, 0.3) is 5.91 Å². The molecule has 4 rings (SSSR count). The van der Waals surface area contributed by atoms with E-state index in [0.717, 1.165) is 73.5 Å². The molecule has 7 heteroatoms. The highest BCUT2D eigenvalue weighted by Gasteiger charge is 2.11. The molecule has 0 fully saturated rings. The number of ether oxygens (including phenoxy) is 2. The number of hydrogen-bond acceptors (Lipinski definition) is 4. The third kappa shape index (κ3) is 7.89. The number of fused-ring (bicyclic) bond motifs is 1. The molecule has 0 spiro atoms. The normalized spacial score (nSPS) is 11.3. The first-order valence-corrected chi connectivity index (χ1v) is 14.4. The van der Waals surface area contributed by atoms with Crippen LogP contribution < -0.4 is 14.8 Å². The number of carbonyl (C=O) groups excluding carboxylic acids is 1. The number of rotatable bonds is 15. The van der Waals surface area contributed by atoms with Gasteiger partial charge in [0.15, 0.2) is 11.5 Å². The van der Waals surface area contributed by atoms with Gasteiger partial charge in [0.05, 0.1) is 35.3 Å². The summed E-state index contributed by atoms with van der Waals surface area (Å²) in [4.78, 5) is 17.3. The molecular formula is C33H38ClN3O3. The molecule has 1 heterocycles. The SMILES string of the molecule is C/C=C/c1ccc(OCCCCn2c(CCCCCNC(=O)c3ccccc3Cl)nc3ccccc32)c(OC)c1. The van der Waals surface area contributed by atoms with Gasteiger partial charge in [0.2, 0.25) is 0 Å². The number of nitrogens with one attached hydrogen (secondary N) is 1. The van der Waals surface area contributed by atoms with Gasteiger partial charge >= 0.3 is 0 Å². The van der Waals surface area contributed by atoms with Crippen LogP contribution in [0.25, 0.3) is 17.1 Å². The molecule has 210 valence electrons. The fourth-order valence-corrected chi connectivity index (χ4v) is 4.97. The summed E-state index contributed by atoms with van der Waals surface area (Å²) in [7, 11) is 1.67. The Hall–Kier alpha value is -3.77. The number of aryl methyl sites for hydroxylation is 2. The first-order valence-electron chi connectivity index (χ1n) is 14.0. The summed E-state index contributed by atoms with van der Waals surface area (Å²) in [6, 6.07) is 21.4. The Morgan fingerprint density at radius 2 is 1.80 bits per heavy atom. The van der Waals surface area contributed by atoms with Crippen LogP contribution in [0.5, 0.6) is 11.5 Å². The van der Waals surface area contributed by atoms with Gasteiger partial charge in [-0.1, -0.05) is 60.5 Å². The third-order valence-electron chi connectivity index (χ3n) is 6.80. The highest BCUT2D eigenvalue weighted by Crippen LogP contribution is 2.29. The summed E-state index contributed by atoms with van der Waals surface area (Å²) in [6.07, 6.45) is 9.79. The van der Waals surface area contributed by atoms with Crippen molar-refractivity contribution in [1.82, 2.24) is 14.9 Å². The minimum absolute atomic E-state index is 0.125. The zero-order valence-corrected chi connectivity index (χ0v) is 24.1. The van der Waals surface area contributed by atoms with Crippen LogP contribution >= 0.6 is 11.6 Å². The van der Waals surface area contributed by atoms with Crippen LogP contribution in [-0.4, -0.2) is 35.7 Å². The number of nitrogens with zero attached hydrogens (tertiary/aromatic N) is 2. The van der Waals surface area contributed by atoms with Crippen LogP contribution in [0, 0.1) is 0 Å².